The lowest BCUT2D eigenvalue weighted by atomic mass is 10.1. The Morgan fingerprint density at radius 3 is 2.80 bits per heavy atom. The fourth-order valence-electron chi connectivity index (χ4n) is 2.60. The number of nitrogens with one attached hydrogen (secondary N) is 1. The highest BCUT2D eigenvalue weighted by atomic mass is 16.5. The number of anilines is 1. The Labute approximate surface area is 146 Å². The van der Waals surface area contributed by atoms with E-state index in [1.165, 1.54) is 4.90 Å². The van der Waals surface area contributed by atoms with E-state index < -0.39 is 0 Å². The van der Waals surface area contributed by atoms with Crippen molar-refractivity contribution >= 4 is 11.7 Å². The van der Waals surface area contributed by atoms with Crippen molar-refractivity contribution in [3.05, 3.63) is 53.4 Å². The van der Waals surface area contributed by atoms with Crippen LogP contribution in [0.4, 0.5) is 5.82 Å². The van der Waals surface area contributed by atoms with Gasteiger partial charge in [0.05, 0.1) is 11.4 Å². The molecule has 0 spiro atoms. The number of hydrogen-bond acceptors (Lipinski definition) is 4. The first-order chi connectivity index (χ1) is 12.0. The van der Waals surface area contributed by atoms with E-state index in [4.69, 9.17) is 4.52 Å². The van der Waals surface area contributed by atoms with Gasteiger partial charge in [-0.3, -0.25) is 14.8 Å². The molecular formula is C19H22N4O2. The third-order valence-electron chi connectivity index (χ3n) is 4.50. The van der Waals surface area contributed by atoms with Gasteiger partial charge in [0, 0.05) is 30.7 Å². The second-order valence-electron chi connectivity index (χ2n) is 6.24. The summed E-state index contributed by atoms with van der Waals surface area (Å²) in [5.41, 5.74) is 3.86. The zero-order valence-corrected chi connectivity index (χ0v) is 14.9. The molecule has 25 heavy (non-hydrogen) atoms. The van der Waals surface area contributed by atoms with Gasteiger partial charge in [0.2, 0.25) is 5.76 Å². The summed E-state index contributed by atoms with van der Waals surface area (Å²) >= 11 is 0. The Morgan fingerprint density at radius 1 is 1.32 bits per heavy atom. The lowest BCUT2D eigenvalue weighted by Gasteiger charge is -2.11. The molecule has 0 saturated carbocycles. The number of nitrogens with zero attached hydrogens (tertiary/aromatic N) is 3. The van der Waals surface area contributed by atoms with Gasteiger partial charge in [0.1, 0.15) is 0 Å². The Morgan fingerprint density at radius 2 is 2.08 bits per heavy atom. The predicted molar refractivity (Wildman–Crippen MR) is 96.7 cm³/mol. The molecule has 1 N–H and O–H groups in total. The van der Waals surface area contributed by atoms with Crippen LogP contribution in [0.15, 0.2) is 40.9 Å². The molecule has 1 aromatic carbocycles. The van der Waals surface area contributed by atoms with Crippen molar-refractivity contribution in [2.75, 3.05) is 11.9 Å². The first-order valence-corrected chi connectivity index (χ1v) is 8.37. The molecule has 3 aromatic rings. The van der Waals surface area contributed by atoms with Gasteiger partial charge in [-0.15, -0.1) is 0 Å². The minimum atomic E-state index is -0.273. The summed E-state index contributed by atoms with van der Waals surface area (Å²) in [4.78, 5) is 14.1. The molecule has 0 saturated heterocycles. The third-order valence-corrected chi connectivity index (χ3v) is 4.50. The second kappa shape index (κ2) is 6.93. The zero-order valence-electron chi connectivity index (χ0n) is 14.9. The lowest BCUT2D eigenvalue weighted by molar-refractivity contribution is 0.0956. The minimum absolute atomic E-state index is 0.221. The van der Waals surface area contributed by atoms with Crippen molar-refractivity contribution in [2.24, 2.45) is 0 Å². The molecule has 6 nitrogen and oxygen atoms in total. The van der Waals surface area contributed by atoms with Crippen LogP contribution in [0.3, 0.4) is 0 Å². The van der Waals surface area contributed by atoms with Gasteiger partial charge in [-0.05, 0) is 18.9 Å². The van der Waals surface area contributed by atoms with E-state index in [-0.39, 0.29) is 17.6 Å². The number of aryl methyl sites for hydroxylation is 1. The van der Waals surface area contributed by atoms with Crippen LogP contribution >= 0.6 is 0 Å². The highest BCUT2D eigenvalue weighted by molar-refractivity contribution is 6.03. The molecule has 3 rings (SSSR count). The zero-order chi connectivity index (χ0) is 18.0. The van der Waals surface area contributed by atoms with Crippen molar-refractivity contribution in [3.63, 3.8) is 0 Å². The van der Waals surface area contributed by atoms with Crippen LogP contribution in [0.5, 0.6) is 0 Å². The van der Waals surface area contributed by atoms with E-state index in [0.717, 1.165) is 28.9 Å². The maximum absolute atomic E-state index is 12.6. The molecule has 0 fully saturated rings. The SMILES string of the molecule is CCC(C)c1cc(C(=O)N(C)c2cc(-c3ccccc3C)[nH]n2)on1. The molecule has 2 aromatic heterocycles. The summed E-state index contributed by atoms with van der Waals surface area (Å²) in [6.45, 7) is 6.16. The Balaban J connectivity index is 1.81. The molecule has 0 aliphatic heterocycles. The molecule has 2 heterocycles. The highest BCUT2D eigenvalue weighted by Gasteiger charge is 2.22. The van der Waals surface area contributed by atoms with Crippen LogP contribution in [-0.4, -0.2) is 28.3 Å². The van der Waals surface area contributed by atoms with Gasteiger partial charge in [0.25, 0.3) is 5.91 Å². The van der Waals surface area contributed by atoms with Gasteiger partial charge in [-0.1, -0.05) is 43.3 Å². The Hall–Kier alpha value is -2.89. The number of carbonyl (C=O) groups excluding carboxylic acids is 1. The molecule has 6 heteroatoms. The maximum atomic E-state index is 12.6. The largest absolute Gasteiger partial charge is 0.351 e. The van der Waals surface area contributed by atoms with Crippen LogP contribution in [0.25, 0.3) is 11.3 Å². The molecule has 1 amide bonds. The molecule has 0 bridgehead atoms. The third kappa shape index (κ3) is 3.33. The van der Waals surface area contributed by atoms with Crippen molar-refractivity contribution < 1.29 is 9.32 Å². The fraction of sp³-hybridized carbons (Fsp3) is 0.316. The number of H-pyrrole nitrogens is 1. The van der Waals surface area contributed by atoms with E-state index in [1.54, 1.807) is 13.1 Å². The van der Waals surface area contributed by atoms with E-state index in [9.17, 15) is 4.79 Å². The van der Waals surface area contributed by atoms with Gasteiger partial charge in [0.15, 0.2) is 5.82 Å². The molecule has 0 aliphatic carbocycles. The number of rotatable bonds is 5. The van der Waals surface area contributed by atoms with Crippen LogP contribution in [0.1, 0.15) is 48.0 Å². The van der Waals surface area contributed by atoms with Gasteiger partial charge >= 0.3 is 0 Å². The average Bonchev–Trinajstić information content (AvgIpc) is 3.30. The summed E-state index contributed by atoms with van der Waals surface area (Å²) in [7, 11) is 1.67. The molecule has 0 aliphatic rings. The quantitative estimate of drug-likeness (QED) is 0.758. The average molecular weight is 338 g/mol. The second-order valence-corrected chi connectivity index (χ2v) is 6.24. The summed E-state index contributed by atoms with van der Waals surface area (Å²) < 4.78 is 5.22. The molecule has 1 atom stereocenters. The van der Waals surface area contributed by atoms with Crippen LogP contribution in [0, 0.1) is 6.92 Å². The summed E-state index contributed by atoms with van der Waals surface area (Å²) in [5, 5.41) is 11.2. The number of carbonyl (C=O) groups is 1. The monoisotopic (exact) mass is 338 g/mol. The van der Waals surface area contributed by atoms with Crippen LogP contribution in [0.2, 0.25) is 0 Å². The number of benzene rings is 1. The van der Waals surface area contributed by atoms with Crippen molar-refractivity contribution in [1.29, 1.82) is 0 Å². The maximum Gasteiger partial charge on any atom is 0.297 e. The number of aromatic amines is 1. The highest BCUT2D eigenvalue weighted by Crippen LogP contribution is 2.25. The fourth-order valence-corrected chi connectivity index (χ4v) is 2.60. The predicted octanol–water partition coefficient (Wildman–Crippen LogP) is 4.16. The van der Waals surface area contributed by atoms with Crippen molar-refractivity contribution in [1.82, 2.24) is 15.4 Å². The first-order valence-electron chi connectivity index (χ1n) is 8.37. The smallest absolute Gasteiger partial charge is 0.297 e. The number of amides is 1. The van der Waals surface area contributed by atoms with E-state index in [2.05, 4.69) is 29.2 Å². The summed E-state index contributed by atoms with van der Waals surface area (Å²) in [6, 6.07) is 11.6. The van der Waals surface area contributed by atoms with Gasteiger partial charge in [-0.2, -0.15) is 5.10 Å². The topological polar surface area (TPSA) is 75.0 Å². The van der Waals surface area contributed by atoms with Crippen LogP contribution < -0.4 is 4.90 Å². The Bertz CT molecular complexity index is 881. The molecule has 0 radical (unpaired) electrons. The van der Waals surface area contributed by atoms with Crippen molar-refractivity contribution in [2.45, 2.75) is 33.1 Å². The molecule has 1 unspecified atom stereocenters. The standard InChI is InChI=1S/C19H22N4O2/c1-5-12(2)15-10-17(25-22-15)19(24)23(4)18-11-16(20-21-18)14-9-7-6-8-13(14)3/h6-12H,5H2,1-4H3,(H,20,21). The summed E-state index contributed by atoms with van der Waals surface area (Å²) in [5.74, 6) is 0.738. The Kier molecular flexibility index (Phi) is 4.70. The number of aromatic nitrogens is 3. The van der Waals surface area contributed by atoms with Gasteiger partial charge < -0.3 is 4.52 Å². The summed E-state index contributed by atoms with van der Waals surface area (Å²) in [6.07, 6.45) is 0.940. The normalized spacial score (nSPS) is 12.2. The number of hydrogen-bond donors (Lipinski definition) is 1. The van der Waals surface area contributed by atoms with Crippen LogP contribution in [-0.2, 0) is 0 Å². The van der Waals surface area contributed by atoms with E-state index >= 15 is 0 Å². The molecule has 130 valence electrons. The minimum Gasteiger partial charge on any atom is -0.351 e. The lowest BCUT2D eigenvalue weighted by Crippen LogP contribution is -2.26. The van der Waals surface area contributed by atoms with Crippen molar-refractivity contribution in [3.8, 4) is 11.3 Å². The van der Waals surface area contributed by atoms with E-state index in [1.807, 2.05) is 37.3 Å². The molecular weight excluding hydrogens is 316 g/mol. The van der Waals surface area contributed by atoms with E-state index in [0.29, 0.717) is 5.82 Å². The van der Waals surface area contributed by atoms with Gasteiger partial charge in [-0.25, -0.2) is 0 Å². The first kappa shape index (κ1) is 17.0.